The van der Waals surface area contributed by atoms with Gasteiger partial charge in [-0.05, 0) is 74.2 Å². The molecule has 2 aromatic carbocycles. The van der Waals surface area contributed by atoms with Gasteiger partial charge >= 0.3 is 6.03 Å². The van der Waals surface area contributed by atoms with Crippen LogP contribution in [0.25, 0.3) is 0 Å². The zero-order valence-corrected chi connectivity index (χ0v) is 17.0. The standard InChI is InChI=1S/C23H28N2O5/c26-23(24-17-5-9-19(10-6-17)29-15-21-3-1-13-27-21)25-18-7-11-20(12-8-18)30-16-22-4-2-14-28-22/h5-12,21-22H,1-4,13-16H2,(H2,24,25,26)/t21-,22+. The maximum atomic E-state index is 12.2. The molecule has 0 radical (unpaired) electrons. The van der Waals surface area contributed by atoms with Gasteiger partial charge in [-0.1, -0.05) is 0 Å². The lowest BCUT2D eigenvalue weighted by Crippen LogP contribution is -2.19. The monoisotopic (exact) mass is 412 g/mol. The normalized spacial score (nSPS) is 20.7. The van der Waals surface area contributed by atoms with E-state index in [1.54, 1.807) is 0 Å². The van der Waals surface area contributed by atoms with Crippen LogP contribution < -0.4 is 20.1 Å². The minimum absolute atomic E-state index is 0.182. The quantitative estimate of drug-likeness (QED) is 0.670. The van der Waals surface area contributed by atoms with Crippen molar-refractivity contribution in [2.75, 3.05) is 37.1 Å². The zero-order valence-electron chi connectivity index (χ0n) is 17.0. The topological polar surface area (TPSA) is 78.1 Å². The number of carbonyl (C=O) groups excluding carboxylic acids is 1. The highest BCUT2D eigenvalue weighted by molar-refractivity contribution is 5.99. The van der Waals surface area contributed by atoms with E-state index in [4.69, 9.17) is 18.9 Å². The number of nitrogens with one attached hydrogen (secondary N) is 2. The summed E-state index contributed by atoms with van der Waals surface area (Å²) in [6.07, 6.45) is 4.64. The highest BCUT2D eigenvalue weighted by atomic mass is 16.5. The van der Waals surface area contributed by atoms with E-state index in [0.29, 0.717) is 24.6 Å². The predicted octanol–water partition coefficient (Wildman–Crippen LogP) is 4.45. The van der Waals surface area contributed by atoms with Crippen LogP contribution in [0.2, 0.25) is 0 Å². The molecule has 2 N–H and O–H groups in total. The van der Waals surface area contributed by atoms with Crippen LogP contribution in [0.5, 0.6) is 11.5 Å². The molecule has 2 heterocycles. The number of urea groups is 1. The van der Waals surface area contributed by atoms with Crippen molar-refractivity contribution in [2.45, 2.75) is 37.9 Å². The third kappa shape index (κ3) is 6.11. The Morgan fingerprint density at radius 2 is 1.20 bits per heavy atom. The van der Waals surface area contributed by atoms with Gasteiger partial charge in [0, 0.05) is 24.6 Å². The first kappa shape index (κ1) is 20.5. The molecule has 0 aliphatic carbocycles. The van der Waals surface area contributed by atoms with E-state index < -0.39 is 0 Å². The molecule has 4 rings (SSSR count). The molecular weight excluding hydrogens is 384 g/mol. The summed E-state index contributed by atoms with van der Waals surface area (Å²) < 4.78 is 22.6. The average Bonchev–Trinajstić information content (AvgIpc) is 3.47. The van der Waals surface area contributed by atoms with E-state index in [0.717, 1.165) is 50.4 Å². The molecule has 0 unspecified atom stereocenters. The first-order valence-corrected chi connectivity index (χ1v) is 10.5. The fourth-order valence-corrected chi connectivity index (χ4v) is 3.49. The summed E-state index contributed by atoms with van der Waals surface area (Å²) in [7, 11) is 0. The third-order valence-electron chi connectivity index (χ3n) is 5.14. The number of benzene rings is 2. The molecule has 2 aliphatic rings. The number of amides is 2. The van der Waals surface area contributed by atoms with Gasteiger partial charge < -0.3 is 29.6 Å². The van der Waals surface area contributed by atoms with Gasteiger partial charge in [0.2, 0.25) is 0 Å². The second kappa shape index (κ2) is 10.3. The first-order valence-electron chi connectivity index (χ1n) is 10.5. The number of rotatable bonds is 8. The molecule has 0 spiro atoms. The Balaban J connectivity index is 1.19. The number of anilines is 2. The van der Waals surface area contributed by atoms with E-state index in [1.165, 1.54) is 0 Å². The third-order valence-corrected chi connectivity index (χ3v) is 5.14. The van der Waals surface area contributed by atoms with Gasteiger partial charge in [0.05, 0.1) is 12.2 Å². The van der Waals surface area contributed by atoms with Crippen molar-refractivity contribution in [3.63, 3.8) is 0 Å². The van der Waals surface area contributed by atoms with Crippen molar-refractivity contribution < 1.29 is 23.7 Å². The van der Waals surface area contributed by atoms with Gasteiger partial charge in [-0.15, -0.1) is 0 Å². The molecule has 0 saturated carbocycles. The molecule has 2 amide bonds. The summed E-state index contributed by atoms with van der Waals surface area (Å²) in [6.45, 7) is 2.75. The van der Waals surface area contributed by atoms with Crippen LogP contribution in [0.15, 0.2) is 48.5 Å². The SMILES string of the molecule is O=C(Nc1ccc(OC[C@H]2CCCO2)cc1)Nc1ccc(OC[C@@H]2CCCO2)cc1. The molecule has 2 saturated heterocycles. The molecule has 2 atom stereocenters. The van der Waals surface area contributed by atoms with Gasteiger partial charge in [0.25, 0.3) is 0 Å². The Labute approximate surface area is 176 Å². The second-order valence-corrected chi connectivity index (χ2v) is 7.52. The van der Waals surface area contributed by atoms with Gasteiger partial charge in [0.15, 0.2) is 0 Å². The Morgan fingerprint density at radius 3 is 1.57 bits per heavy atom. The average molecular weight is 412 g/mol. The summed E-state index contributed by atoms with van der Waals surface area (Å²) in [4.78, 5) is 12.2. The van der Waals surface area contributed by atoms with E-state index >= 15 is 0 Å². The Morgan fingerprint density at radius 1 is 0.767 bits per heavy atom. The summed E-state index contributed by atoms with van der Waals surface area (Å²) >= 11 is 0. The maximum Gasteiger partial charge on any atom is 0.323 e. The zero-order chi connectivity index (χ0) is 20.6. The molecule has 7 heteroatoms. The molecule has 30 heavy (non-hydrogen) atoms. The van der Waals surface area contributed by atoms with Gasteiger partial charge in [-0.2, -0.15) is 0 Å². The lowest BCUT2D eigenvalue weighted by Gasteiger charge is -2.13. The second-order valence-electron chi connectivity index (χ2n) is 7.52. The molecular formula is C23H28N2O5. The number of carbonyl (C=O) groups is 1. The van der Waals surface area contributed by atoms with Crippen LogP contribution in [0.4, 0.5) is 16.2 Å². The van der Waals surface area contributed by atoms with Crippen LogP contribution in [0.3, 0.4) is 0 Å². The lowest BCUT2D eigenvalue weighted by molar-refractivity contribution is 0.0679. The van der Waals surface area contributed by atoms with Crippen molar-refractivity contribution in [1.29, 1.82) is 0 Å². The summed E-state index contributed by atoms with van der Waals surface area (Å²) in [5.41, 5.74) is 1.38. The minimum atomic E-state index is -0.309. The van der Waals surface area contributed by atoms with Crippen LogP contribution in [-0.4, -0.2) is 44.7 Å². The van der Waals surface area contributed by atoms with Crippen molar-refractivity contribution in [3.8, 4) is 11.5 Å². The van der Waals surface area contributed by atoms with E-state index in [2.05, 4.69) is 10.6 Å². The highest BCUT2D eigenvalue weighted by Crippen LogP contribution is 2.20. The van der Waals surface area contributed by atoms with E-state index in [-0.39, 0.29) is 18.2 Å². The fraction of sp³-hybridized carbons (Fsp3) is 0.435. The summed E-state index contributed by atoms with van der Waals surface area (Å²) in [6, 6.07) is 14.3. The molecule has 2 fully saturated rings. The van der Waals surface area contributed by atoms with Gasteiger partial charge in [-0.3, -0.25) is 0 Å². The Bertz CT molecular complexity index is 730. The molecule has 2 aliphatic heterocycles. The molecule has 160 valence electrons. The predicted molar refractivity (Wildman–Crippen MR) is 114 cm³/mol. The fourth-order valence-electron chi connectivity index (χ4n) is 3.49. The van der Waals surface area contributed by atoms with Crippen LogP contribution >= 0.6 is 0 Å². The Hall–Kier alpha value is -2.77. The lowest BCUT2D eigenvalue weighted by atomic mass is 10.2. The summed E-state index contributed by atoms with van der Waals surface area (Å²) in [5, 5.41) is 5.63. The van der Waals surface area contributed by atoms with Gasteiger partial charge in [-0.25, -0.2) is 4.79 Å². The van der Waals surface area contributed by atoms with Gasteiger partial charge in [0.1, 0.15) is 24.7 Å². The number of hydrogen-bond acceptors (Lipinski definition) is 5. The summed E-state index contributed by atoms with van der Waals surface area (Å²) in [5.74, 6) is 1.52. The maximum absolute atomic E-state index is 12.2. The van der Waals surface area contributed by atoms with Crippen molar-refractivity contribution in [3.05, 3.63) is 48.5 Å². The Kier molecular flexibility index (Phi) is 7.05. The molecule has 2 aromatic rings. The van der Waals surface area contributed by atoms with E-state index in [9.17, 15) is 4.79 Å². The molecule has 0 aromatic heterocycles. The molecule has 0 bridgehead atoms. The van der Waals surface area contributed by atoms with Crippen molar-refractivity contribution in [2.24, 2.45) is 0 Å². The molecule has 7 nitrogen and oxygen atoms in total. The number of ether oxygens (including phenoxy) is 4. The van der Waals surface area contributed by atoms with Crippen LogP contribution in [-0.2, 0) is 9.47 Å². The smallest absolute Gasteiger partial charge is 0.323 e. The highest BCUT2D eigenvalue weighted by Gasteiger charge is 2.16. The van der Waals surface area contributed by atoms with Crippen LogP contribution in [0.1, 0.15) is 25.7 Å². The van der Waals surface area contributed by atoms with Crippen molar-refractivity contribution >= 4 is 17.4 Å². The minimum Gasteiger partial charge on any atom is -0.491 e. The van der Waals surface area contributed by atoms with Crippen molar-refractivity contribution in [1.82, 2.24) is 0 Å². The van der Waals surface area contributed by atoms with Crippen LogP contribution in [0, 0.1) is 0 Å². The van der Waals surface area contributed by atoms with E-state index in [1.807, 2.05) is 48.5 Å². The first-order chi connectivity index (χ1) is 14.7. The number of hydrogen-bond donors (Lipinski definition) is 2. The largest absolute Gasteiger partial charge is 0.491 e.